The highest BCUT2D eigenvalue weighted by Crippen LogP contribution is 2.23. The molecule has 1 atom stereocenters. The molecule has 9 heteroatoms. The van der Waals surface area contributed by atoms with Crippen LogP contribution in [0.4, 0.5) is 5.69 Å². The van der Waals surface area contributed by atoms with E-state index in [-0.39, 0.29) is 11.9 Å². The molecule has 0 radical (unpaired) electrons. The highest BCUT2D eigenvalue weighted by molar-refractivity contribution is 5.93. The lowest BCUT2D eigenvalue weighted by molar-refractivity contribution is -0.145. The van der Waals surface area contributed by atoms with Gasteiger partial charge in [0.05, 0.1) is 18.0 Å². The molecule has 0 amide bonds. The Morgan fingerprint density at radius 3 is 2.10 bits per heavy atom. The van der Waals surface area contributed by atoms with Crippen LogP contribution in [0.15, 0.2) is 34.3 Å². The van der Waals surface area contributed by atoms with Crippen LogP contribution >= 0.6 is 0 Å². The van der Waals surface area contributed by atoms with E-state index in [1.165, 1.54) is 24.3 Å². The van der Waals surface area contributed by atoms with Crippen molar-refractivity contribution in [3.05, 3.63) is 29.8 Å². The van der Waals surface area contributed by atoms with Gasteiger partial charge in [-0.05, 0) is 17.7 Å². The van der Waals surface area contributed by atoms with Gasteiger partial charge in [-0.1, -0.05) is 12.1 Å². The Balaban J connectivity index is 2.98. The summed E-state index contributed by atoms with van der Waals surface area (Å²) in [6.07, 6.45) is -0.506. The summed E-state index contributed by atoms with van der Waals surface area (Å²) < 4.78 is 0. The van der Waals surface area contributed by atoms with Gasteiger partial charge in [0, 0.05) is 0 Å². The van der Waals surface area contributed by atoms with E-state index in [4.69, 9.17) is 27.4 Å². The molecule has 0 fully saturated rings. The summed E-state index contributed by atoms with van der Waals surface area (Å²) in [6.45, 7) is 0. The minimum absolute atomic E-state index is 0.150. The number of rotatable bonds is 5. The van der Waals surface area contributed by atoms with Gasteiger partial charge in [0.1, 0.15) is 0 Å². The Labute approximate surface area is 119 Å². The smallest absolute Gasteiger partial charge is 0.311 e. The molecule has 1 aromatic carbocycles. The molecule has 0 aromatic heterocycles. The molecule has 1 rings (SSSR count). The maximum atomic E-state index is 11.1. The molecule has 8 N–H and O–H groups in total. The summed E-state index contributed by atoms with van der Waals surface area (Å²) in [5, 5.41) is 17.7. The summed E-state index contributed by atoms with van der Waals surface area (Å²) >= 11 is 0. The number of nitrogens with two attached hydrogens (primary N) is 3. The molecule has 1 aromatic rings. The van der Waals surface area contributed by atoms with Crippen LogP contribution in [-0.2, 0) is 9.59 Å². The van der Waals surface area contributed by atoms with Crippen molar-refractivity contribution in [2.75, 3.05) is 0 Å². The van der Waals surface area contributed by atoms with Gasteiger partial charge in [-0.2, -0.15) is 4.99 Å². The molecule has 9 nitrogen and oxygen atoms in total. The number of hydrogen-bond donors (Lipinski definition) is 5. The van der Waals surface area contributed by atoms with Crippen molar-refractivity contribution in [2.24, 2.45) is 27.2 Å². The summed E-state index contributed by atoms with van der Waals surface area (Å²) in [7, 11) is 0. The number of carboxylic acid groups (broad SMARTS) is 2. The van der Waals surface area contributed by atoms with Crippen molar-refractivity contribution in [3.8, 4) is 0 Å². The van der Waals surface area contributed by atoms with Gasteiger partial charge < -0.3 is 27.4 Å². The molecule has 0 saturated heterocycles. The molecule has 0 spiro atoms. The van der Waals surface area contributed by atoms with Crippen molar-refractivity contribution in [2.45, 2.75) is 12.3 Å². The third-order valence-corrected chi connectivity index (χ3v) is 2.46. The van der Waals surface area contributed by atoms with Crippen molar-refractivity contribution < 1.29 is 19.8 Å². The Bertz CT molecular complexity index is 590. The van der Waals surface area contributed by atoms with Crippen molar-refractivity contribution in [1.82, 2.24) is 0 Å². The number of aliphatic imine (C=N–C) groups is 2. The number of benzene rings is 1. The van der Waals surface area contributed by atoms with Gasteiger partial charge in [0.15, 0.2) is 5.96 Å². The third-order valence-electron chi connectivity index (χ3n) is 2.46. The first-order chi connectivity index (χ1) is 9.79. The number of guanidine groups is 2. The van der Waals surface area contributed by atoms with Gasteiger partial charge in [0.25, 0.3) is 0 Å². The van der Waals surface area contributed by atoms with Gasteiger partial charge in [0.2, 0.25) is 5.96 Å². The number of nitrogens with zero attached hydrogens (tertiary/aromatic N) is 2. The minimum atomic E-state index is -1.21. The zero-order valence-electron chi connectivity index (χ0n) is 10.9. The topological polar surface area (TPSA) is 177 Å². The second-order valence-electron chi connectivity index (χ2n) is 4.09. The standard InChI is InChI=1S/C12H15N5O4/c13-11(14)17-12(15)16-7-3-1-6(2-4-7)8(10(20)21)5-9(18)19/h1-4,8H,5H2,(H,18,19)(H,20,21)(H6,13,14,15,16,17). The van der Waals surface area contributed by atoms with Crippen LogP contribution < -0.4 is 17.2 Å². The highest BCUT2D eigenvalue weighted by Gasteiger charge is 2.22. The normalized spacial score (nSPS) is 12.5. The second kappa shape index (κ2) is 6.89. The van der Waals surface area contributed by atoms with E-state index < -0.39 is 24.3 Å². The molecule has 0 aliphatic rings. The van der Waals surface area contributed by atoms with E-state index in [0.29, 0.717) is 11.3 Å². The Kier molecular flexibility index (Phi) is 5.24. The molecule has 0 aliphatic heterocycles. The maximum absolute atomic E-state index is 11.1. The molecular formula is C12H15N5O4. The van der Waals surface area contributed by atoms with E-state index in [1.807, 2.05) is 0 Å². The summed E-state index contributed by atoms with van der Waals surface area (Å²) in [5.74, 6) is -3.92. The fourth-order valence-corrected chi connectivity index (χ4v) is 1.59. The lowest BCUT2D eigenvalue weighted by Crippen LogP contribution is -2.26. The zero-order chi connectivity index (χ0) is 16.0. The average molecular weight is 293 g/mol. The molecule has 0 saturated carbocycles. The average Bonchev–Trinajstić information content (AvgIpc) is 2.35. The van der Waals surface area contributed by atoms with Gasteiger partial charge in [-0.25, -0.2) is 4.99 Å². The monoisotopic (exact) mass is 293 g/mol. The largest absolute Gasteiger partial charge is 0.481 e. The Morgan fingerprint density at radius 1 is 1.10 bits per heavy atom. The molecule has 21 heavy (non-hydrogen) atoms. The quantitative estimate of drug-likeness (QED) is 0.360. The second-order valence-corrected chi connectivity index (χ2v) is 4.09. The van der Waals surface area contributed by atoms with Crippen LogP contribution in [-0.4, -0.2) is 34.1 Å². The highest BCUT2D eigenvalue weighted by atomic mass is 16.4. The fraction of sp³-hybridized carbons (Fsp3) is 0.167. The van der Waals surface area contributed by atoms with Crippen LogP contribution in [0.25, 0.3) is 0 Å². The van der Waals surface area contributed by atoms with E-state index in [1.54, 1.807) is 0 Å². The fourth-order valence-electron chi connectivity index (χ4n) is 1.59. The predicted molar refractivity (Wildman–Crippen MR) is 76.2 cm³/mol. The van der Waals surface area contributed by atoms with E-state index in [2.05, 4.69) is 9.98 Å². The number of carbonyl (C=O) groups is 2. The van der Waals surface area contributed by atoms with Gasteiger partial charge >= 0.3 is 11.9 Å². The SMILES string of the molecule is NC(N)=NC(N)=Nc1ccc(C(CC(=O)O)C(=O)O)cc1. The van der Waals surface area contributed by atoms with Crippen LogP contribution in [0.5, 0.6) is 0 Å². The van der Waals surface area contributed by atoms with E-state index in [0.717, 1.165) is 0 Å². The molecule has 1 unspecified atom stereocenters. The number of hydrogen-bond acceptors (Lipinski definition) is 3. The van der Waals surface area contributed by atoms with Gasteiger partial charge in [-0.3, -0.25) is 9.59 Å². The maximum Gasteiger partial charge on any atom is 0.311 e. The first-order valence-corrected chi connectivity index (χ1v) is 5.78. The summed E-state index contributed by atoms with van der Waals surface area (Å²) in [6, 6.07) is 5.90. The van der Waals surface area contributed by atoms with Gasteiger partial charge in [-0.15, -0.1) is 0 Å². The van der Waals surface area contributed by atoms with Crippen molar-refractivity contribution in [1.29, 1.82) is 0 Å². The minimum Gasteiger partial charge on any atom is -0.481 e. The lowest BCUT2D eigenvalue weighted by atomic mass is 9.96. The number of aliphatic carboxylic acids is 2. The van der Waals surface area contributed by atoms with Crippen LogP contribution in [0.1, 0.15) is 17.9 Å². The Hall–Kier alpha value is -3.10. The number of carboxylic acids is 2. The first kappa shape index (κ1) is 16.0. The molecule has 0 heterocycles. The van der Waals surface area contributed by atoms with Crippen molar-refractivity contribution >= 4 is 29.5 Å². The molecule has 112 valence electrons. The molecular weight excluding hydrogens is 278 g/mol. The Morgan fingerprint density at radius 2 is 1.67 bits per heavy atom. The third kappa shape index (κ3) is 5.19. The molecule has 0 aliphatic carbocycles. The lowest BCUT2D eigenvalue weighted by Gasteiger charge is -2.10. The summed E-state index contributed by atoms with van der Waals surface area (Å²) in [4.78, 5) is 29.1. The molecule has 0 bridgehead atoms. The zero-order valence-corrected chi connectivity index (χ0v) is 10.9. The van der Waals surface area contributed by atoms with Crippen LogP contribution in [0, 0.1) is 0 Å². The van der Waals surface area contributed by atoms with Crippen molar-refractivity contribution in [3.63, 3.8) is 0 Å². The van der Waals surface area contributed by atoms with E-state index in [9.17, 15) is 9.59 Å². The first-order valence-electron chi connectivity index (χ1n) is 5.78. The summed E-state index contributed by atoms with van der Waals surface area (Å²) in [5.41, 5.74) is 16.5. The van der Waals surface area contributed by atoms with E-state index >= 15 is 0 Å². The van der Waals surface area contributed by atoms with Crippen LogP contribution in [0.3, 0.4) is 0 Å². The van der Waals surface area contributed by atoms with Crippen LogP contribution in [0.2, 0.25) is 0 Å². The predicted octanol–water partition coefficient (Wildman–Crippen LogP) is -0.451.